The van der Waals surface area contributed by atoms with Gasteiger partial charge in [-0.25, -0.2) is 9.78 Å². The summed E-state index contributed by atoms with van der Waals surface area (Å²) < 4.78 is 14.9. The van der Waals surface area contributed by atoms with E-state index in [9.17, 15) is 4.79 Å². The molecule has 0 aliphatic carbocycles. The van der Waals surface area contributed by atoms with Crippen LogP contribution in [0.3, 0.4) is 0 Å². The SMILES string of the molecule is CCOC(=O)c1nc(CN2CC(C)(C)[C@@H]3COC[C@@H]32)ns1. The molecule has 0 N–H and O–H groups in total. The van der Waals surface area contributed by atoms with Gasteiger partial charge >= 0.3 is 5.97 Å². The first kappa shape index (κ1) is 14.9. The Balaban J connectivity index is 1.68. The van der Waals surface area contributed by atoms with Gasteiger partial charge in [-0.2, -0.15) is 4.37 Å². The molecule has 2 fully saturated rings. The lowest BCUT2D eigenvalue weighted by molar-refractivity contribution is 0.0525. The summed E-state index contributed by atoms with van der Waals surface area (Å²) in [6, 6.07) is 0.439. The number of nitrogens with zero attached hydrogens (tertiary/aromatic N) is 3. The van der Waals surface area contributed by atoms with Crippen LogP contribution in [-0.2, 0) is 16.0 Å². The predicted molar refractivity (Wildman–Crippen MR) is 78.2 cm³/mol. The van der Waals surface area contributed by atoms with Gasteiger partial charge in [-0.3, -0.25) is 4.90 Å². The van der Waals surface area contributed by atoms with Crippen molar-refractivity contribution in [1.29, 1.82) is 0 Å². The summed E-state index contributed by atoms with van der Waals surface area (Å²) in [4.78, 5) is 18.3. The topological polar surface area (TPSA) is 64.5 Å². The highest BCUT2D eigenvalue weighted by Crippen LogP contribution is 2.43. The number of likely N-dealkylation sites (tertiary alicyclic amines) is 1. The van der Waals surface area contributed by atoms with E-state index in [0.717, 1.165) is 31.3 Å². The lowest BCUT2D eigenvalue weighted by Crippen LogP contribution is -2.32. The van der Waals surface area contributed by atoms with E-state index in [1.807, 2.05) is 0 Å². The number of fused-ring (bicyclic) bond motifs is 1. The van der Waals surface area contributed by atoms with E-state index >= 15 is 0 Å². The minimum atomic E-state index is -0.384. The predicted octanol–water partition coefficient (Wildman–Crippen LogP) is 1.57. The fourth-order valence-corrected chi connectivity index (χ4v) is 3.93. The number of hydrogen-bond donors (Lipinski definition) is 0. The van der Waals surface area contributed by atoms with Crippen molar-refractivity contribution in [3.8, 4) is 0 Å². The van der Waals surface area contributed by atoms with E-state index in [1.54, 1.807) is 6.92 Å². The van der Waals surface area contributed by atoms with Crippen LogP contribution < -0.4 is 0 Å². The summed E-state index contributed by atoms with van der Waals surface area (Å²) in [6.45, 7) is 10.0. The lowest BCUT2D eigenvalue weighted by Gasteiger charge is -2.23. The average molecular weight is 311 g/mol. The van der Waals surface area contributed by atoms with Gasteiger partial charge in [0.15, 0.2) is 5.82 Å². The maximum absolute atomic E-state index is 11.6. The van der Waals surface area contributed by atoms with E-state index < -0.39 is 0 Å². The highest BCUT2D eigenvalue weighted by molar-refractivity contribution is 7.07. The van der Waals surface area contributed by atoms with Gasteiger partial charge < -0.3 is 9.47 Å². The molecule has 116 valence electrons. The maximum Gasteiger partial charge on any atom is 0.369 e. The van der Waals surface area contributed by atoms with Crippen LogP contribution >= 0.6 is 11.5 Å². The minimum absolute atomic E-state index is 0.251. The molecule has 2 saturated heterocycles. The van der Waals surface area contributed by atoms with Crippen LogP contribution in [-0.4, -0.2) is 52.6 Å². The molecule has 0 spiro atoms. The number of rotatable bonds is 4. The van der Waals surface area contributed by atoms with Gasteiger partial charge in [0, 0.05) is 18.5 Å². The van der Waals surface area contributed by atoms with Crippen molar-refractivity contribution < 1.29 is 14.3 Å². The smallest absolute Gasteiger partial charge is 0.369 e. The van der Waals surface area contributed by atoms with Gasteiger partial charge in [0.05, 0.1) is 26.4 Å². The van der Waals surface area contributed by atoms with Crippen LogP contribution in [0.5, 0.6) is 0 Å². The number of hydrogen-bond acceptors (Lipinski definition) is 7. The summed E-state index contributed by atoms with van der Waals surface area (Å²) in [7, 11) is 0. The highest BCUT2D eigenvalue weighted by Gasteiger charge is 2.49. The Bertz CT molecular complexity index is 531. The molecule has 3 rings (SSSR count). The molecule has 1 aromatic rings. The standard InChI is InChI=1S/C14H21N3O3S/c1-4-20-13(18)12-15-11(16-21-12)5-17-8-14(2,3)9-6-19-7-10(9)17/h9-10H,4-8H2,1-3H3/t9-,10+/m1/s1. The second-order valence-corrected chi connectivity index (χ2v) is 7.09. The Hall–Kier alpha value is -1.05. The zero-order valence-electron chi connectivity index (χ0n) is 12.7. The Morgan fingerprint density at radius 1 is 1.52 bits per heavy atom. The third kappa shape index (κ3) is 2.82. The van der Waals surface area contributed by atoms with Crippen LogP contribution in [0.2, 0.25) is 0 Å². The molecule has 7 heteroatoms. The van der Waals surface area contributed by atoms with E-state index in [1.165, 1.54) is 0 Å². The number of ether oxygens (including phenoxy) is 2. The van der Waals surface area contributed by atoms with E-state index in [2.05, 4.69) is 28.1 Å². The molecule has 0 radical (unpaired) electrons. The molecule has 3 heterocycles. The quantitative estimate of drug-likeness (QED) is 0.787. The lowest BCUT2D eigenvalue weighted by atomic mass is 9.80. The summed E-state index contributed by atoms with van der Waals surface area (Å²) in [6.07, 6.45) is 0. The summed E-state index contributed by atoms with van der Waals surface area (Å²) >= 11 is 1.11. The first-order chi connectivity index (χ1) is 10.0. The maximum atomic E-state index is 11.6. The molecular formula is C14H21N3O3S. The van der Waals surface area contributed by atoms with Crippen molar-refractivity contribution in [3.05, 3.63) is 10.8 Å². The summed E-state index contributed by atoms with van der Waals surface area (Å²) in [5, 5.41) is 0.338. The van der Waals surface area contributed by atoms with Crippen molar-refractivity contribution in [2.24, 2.45) is 11.3 Å². The molecule has 6 nitrogen and oxygen atoms in total. The third-order valence-corrected chi connectivity index (χ3v) is 5.13. The molecular weight excluding hydrogens is 290 g/mol. The van der Waals surface area contributed by atoms with E-state index in [-0.39, 0.29) is 11.4 Å². The minimum Gasteiger partial charge on any atom is -0.461 e. The Kier molecular flexibility index (Phi) is 3.98. The fourth-order valence-electron chi connectivity index (χ4n) is 3.36. The first-order valence-corrected chi connectivity index (χ1v) is 8.10. The molecule has 2 atom stereocenters. The van der Waals surface area contributed by atoms with Gasteiger partial charge in [0.25, 0.3) is 0 Å². The van der Waals surface area contributed by atoms with Gasteiger partial charge in [-0.1, -0.05) is 13.8 Å². The van der Waals surface area contributed by atoms with Gasteiger partial charge in [0.2, 0.25) is 5.01 Å². The number of aromatic nitrogens is 2. The Morgan fingerprint density at radius 3 is 3.10 bits per heavy atom. The Labute approximate surface area is 128 Å². The van der Waals surface area contributed by atoms with Crippen molar-refractivity contribution in [1.82, 2.24) is 14.3 Å². The molecule has 0 aromatic carbocycles. The third-order valence-electron chi connectivity index (χ3n) is 4.40. The van der Waals surface area contributed by atoms with Crippen LogP contribution in [0, 0.1) is 11.3 Å². The molecule has 2 aliphatic heterocycles. The van der Waals surface area contributed by atoms with Crippen LogP contribution in [0.15, 0.2) is 0 Å². The monoisotopic (exact) mass is 311 g/mol. The number of carbonyl (C=O) groups excluding carboxylic acids is 1. The second-order valence-electron chi connectivity index (χ2n) is 6.34. The first-order valence-electron chi connectivity index (χ1n) is 7.33. The van der Waals surface area contributed by atoms with Gasteiger partial charge in [-0.15, -0.1) is 0 Å². The fraction of sp³-hybridized carbons (Fsp3) is 0.786. The van der Waals surface area contributed by atoms with Crippen LogP contribution in [0.25, 0.3) is 0 Å². The molecule has 1 aromatic heterocycles. The Morgan fingerprint density at radius 2 is 2.33 bits per heavy atom. The molecule has 21 heavy (non-hydrogen) atoms. The molecule has 0 unspecified atom stereocenters. The van der Waals surface area contributed by atoms with Crippen molar-refractivity contribution in [2.45, 2.75) is 33.4 Å². The van der Waals surface area contributed by atoms with E-state index in [0.29, 0.717) is 35.9 Å². The van der Waals surface area contributed by atoms with Crippen molar-refractivity contribution >= 4 is 17.5 Å². The van der Waals surface area contributed by atoms with E-state index in [4.69, 9.17) is 9.47 Å². The zero-order chi connectivity index (χ0) is 15.0. The van der Waals surface area contributed by atoms with Crippen LogP contribution in [0.1, 0.15) is 36.4 Å². The van der Waals surface area contributed by atoms with Crippen molar-refractivity contribution in [3.63, 3.8) is 0 Å². The van der Waals surface area contributed by atoms with Gasteiger partial charge in [0.1, 0.15) is 0 Å². The van der Waals surface area contributed by atoms with Crippen molar-refractivity contribution in [2.75, 3.05) is 26.4 Å². The normalized spacial score (nSPS) is 27.8. The zero-order valence-corrected chi connectivity index (χ0v) is 13.5. The largest absolute Gasteiger partial charge is 0.461 e. The summed E-state index contributed by atoms with van der Waals surface area (Å²) in [5.41, 5.74) is 0.251. The highest BCUT2D eigenvalue weighted by atomic mass is 32.1. The molecule has 0 saturated carbocycles. The number of carbonyl (C=O) groups is 1. The molecule has 0 bridgehead atoms. The second kappa shape index (κ2) is 5.62. The number of esters is 1. The van der Waals surface area contributed by atoms with Gasteiger partial charge in [-0.05, 0) is 23.9 Å². The van der Waals surface area contributed by atoms with Crippen LogP contribution in [0.4, 0.5) is 0 Å². The molecule has 0 amide bonds. The molecule has 2 aliphatic rings. The average Bonchev–Trinajstić information content (AvgIpc) is 3.10. The summed E-state index contributed by atoms with van der Waals surface area (Å²) in [5.74, 6) is 0.886.